The first-order chi connectivity index (χ1) is 8.75. The van der Waals surface area contributed by atoms with Crippen molar-refractivity contribution in [1.82, 2.24) is 4.90 Å². The number of carbonyl (C=O) groups is 2. The third-order valence-electron chi connectivity index (χ3n) is 2.43. The summed E-state index contributed by atoms with van der Waals surface area (Å²) in [5.41, 5.74) is -1.37. The Morgan fingerprint density at radius 2 is 1.84 bits per heavy atom. The molecule has 0 amide bonds. The molecule has 0 unspecified atom stereocenters. The Morgan fingerprint density at radius 1 is 1.26 bits per heavy atom. The van der Waals surface area contributed by atoms with Crippen LogP contribution in [0.25, 0.3) is 0 Å². The fourth-order valence-corrected chi connectivity index (χ4v) is 1.45. The number of carboxylic acids is 1. The molecule has 0 atom stereocenters. The molecule has 0 heterocycles. The van der Waals surface area contributed by atoms with Gasteiger partial charge < -0.3 is 10.0 Å². The molecule has 6 heteroatoms. The van der Waals surface area contributed by atoms with Gasteiger partial charge in [-0.25, -0.2) is 13.6 Å². The average Bonchev–Trinajstić information content (AvgIpc) is 2.32. The molecule has 0 fully saturated rings. The second-order valence-electron chi connectivity index (χ2n) is 4.17. The van der Waals surface area contributed by atoms with Gasteiger partial charge in [-0.3, -0.25) is 4.79 Å². The second kappa shape index (κ2) is 5.60. The van der Waals surface area contributed by atoms with Crippen LogP contribution in [0.3, 0.4) is 0 Å². The lowest BCUT2D eigenvalue weighted by molar-refractivity contribution is -0.132. The first kappa shape index (κ1) is 14.8. The molecule has 4 nitrogen and oxygen atoms in total. The van der Waals surface area contributed by atoms with Crippen LogP contribution in [0.1, 0.15) is 15.9 Å². The van der Waals surface area contributed by atoms with Crippen LogP contribution < -0.4 is 0 Å². The minimum Gasteiger partial charge on any atom is -0.477 e. The number of Topliss-reactive ketones (excluding diaryl/α,β-unsaturated/α-hetero) is 1. The standard InChI is InChI=1S/C13H13F2NO3/c1-7-10(14)5-4-8(11(7)15)12(17)9(13(18)19)6-16(2)3/h4-6H,1-3H3,(H,18,19). The summed E-state index contributed by atoms with van der Waals surface area (Å²) in [6.45, 7) is 1.18. The van der Waals surface area contributed by atoms with E-state index in [9.17, 15) is 18.4 Å². The predicted molar refractivity (Wildman–Crippen MR) is 64.8 cm³/mol. The van der Waals surface area contributed by atoms with Gasteiger partial charge in [-0.2, -0.15) is 0 Å². The number of halogens is 2. The van der Waals surface area contributed by atoms with E-state index in [0.29, 0.717) is 0 Å². The number of carbonyl (C=O) groups excluding carboxylic acids is 1. The van der Waals surface area contributed by atoms with Gasteiger partial charge in [0.2, 0.25) is 5.78 Å². The van der Waals surface area contributed by atoms with E-state index in [1.807, 2.05) is 0 Å². The van der Waals surface area contributed by atoms with Crippen LogP contribution in [0.15, 0.2) is 23.9 Å². The van der Waals surface area contributed by atoms with Gasteiger partial charge >= 0.3 is 5.97 Å². The van der Waals surface area contributed by atoms with E-state index >= 15 is 0 Å². The second-order valence-corrected chi connectivity index (χ2v) is 4.17. The summed E-state index contributed by atoms with van der Waals surface area (Å²) in [5.74, 6) is -4.31. The van der Waals surface area contributed by atoms with Crippen molar-refractivity contribution in [2.45, 2.75) is 6.92 Å². The van der Waals surface area contributed by atoms with Crippen molar-refractivity contribution in [2.24, 2.45) is 0 Å². The molecule has 102 valence electrons. The van der Waals surface area contributed by atoms with Gasteiger partial charge in [0.25, 0.3) is 0 Å². The molecule has 0 spiro atoms. The van der Waals surface area contributed by atoms with Gasteiger partial charge in [0, 0.05) is 25.9 Å². The molecule has 0 aliphatic carbocycles. The molecule has 0 aliphatic heterocycles. The third kappa shape index (κ3) is 3.15. The average molecular weight is 269 g/mol. The van der Waals surface area contributed by atoms with E-state index in [1.165, 1.54) is 25.9 Å². The largest absolute Gasteiger partial charge is 0.477 e. The molecule has 19 heavy (non-hydrogen) atoms. The lowest BCUT2D eigenvalue weighted by atomic mass is 10.0. The maximum absolute atomic E-state index is 13.8. The summed E-state index contributed by atoms with van der Waals surface area (Å²) in [7, 11) is 3.06. The predicted octanol–water partition coefficient (Wildman–Crippen LogP) is 1.99. The SMILES string of the molecule is Cc1c(F)ccc(C(=O)C(=CN(C)C)C(=O)O)c1F. The molecule has 0 aliphatic rings. The first-order valence-corrected chi connectivity index (χ1v) is 5.36. The zero-order chi connectivity index (χ0) is 14.7. The highest BCUT2D eigenvalue weighted by Gasteiger charge is 2.24. The molecular formula is C13H13F2NO3. The van der Waals surface area contributed by atoms with Gasteiger partial charge in [-0.1, -0.05) is 0 Å². The van der Waals surface area contributed by atoms with E-state index < -0.39 is 34.5 Å². The summed E-state index contributed by atoms with van der Waals surface area (Å²) in [5, 5.41) is 8.96. The maximum atomic E-state index is 13.8. The molecular weight excluding hydrogens is 256 g/mol. The Labute approximate surface area is 109 Å². The van der Waals surface area contributed by atoms with E-state index in [4.69, 9.17) is 5.11 Å². The Morgan fingerprint density at radius 3 is 2.32 bits per heavy atom. The van der Waals surface area contributed by atoms with Crippen molar-refractivity contribution in [3.8, 4) is 0 Å². The number of rotatable bonds is 4. The van der Waals surface area contributed by atoms with E-state index in [2.05, 4.69) is 0 Å². The van der Waals surface area contributed by atoms with Crippen LogP contribution in [-0.2, 0) is 4.79 Å². The highest BCUT2D eigenvalue weighted by atomic mass is 19.1. The van der Waals surface area contributed by atoms with Gasteiger partial charge in [-0.15, -0.1) is 0 Å². The van der Waals surface area contributed by atoms with Crippen molar-refractivity contribution in [3.05, 3.63) is 46.7 Å². The van der Waals surface area contributed by atoms with Crippen molar-refractivity contribution < 1.29 is 23.5 Å². The molecule has 1 N–H and O–H groups in total. The van der Waals surface area contributed by atoms with Gasteiger partial charge in [0.05, 0.1) is 5.56 Å². The molecule has 0 saturated heterocycles. The number of nitrogens with zero attached hydrogens (tertiary/aromatic N) is 1. The number of carboxylic acid groups (broad SMARTS) is 1. The minimum absolute atomic E-state index is 0.319. The van der Waals surface area contributed by atoms with Crippen molar-refractivity contribution in [2.75, 3.05) is 14.1 Å². The van der Waals surface area contributed by atoms with Gasteiger partial charge in [-0.05, 0) is 19.1 Å². The Kier molecular flexibility index (Phi) is 4.37. The molecule has 1 aromatic carbocycles. The first-order valence-electron chi connectivity index (χ1n) is 5.36. The molecule has 1 rings (SSSR count). The highest BCUT2D eigenvalue weighted by Crippen LogP contribution is 2.19. The molecule has 0 radical (unpaired) electrons. The molecule has 0 aromatic heterocycles. The van der Waals surface area contributed by atoms with Crippen LogP contribution in [0.2, 0.25) is 0 Å². The number of benzene rings is 1. The summed E-state index contributed by atoms with van der Waals surface area (Å²) in [6, 6.07) is 1.87. The fourth-order valence-electron chi connectivity index (χ4n) is 1.45. The van der Waals surface area contributed by atoms with Crippen LogP contribution in [-0.4, -0.2) is 35.9 Å². The van der Waals surface area contributed by atoms with E-state index in [1.54, 1.807) is 0 Å². The van der Waals surface area contributed by atoms with Gasteiger partial charge in [0.15, 0.2) is 0 Å². The summed E-state index contributed by atoms with van der Waals surface area (Å²) in [4.78, 5) is 24.3. The van der Waals surface area contributed by atoms with Crippen LogP contribution in [0, 0.1) is 18.6 Å². The van der Waals surface area contributed by atoms with Crippen molar-refractivity contribution in [1.29, 1.82) is 0 Å². The maximum Gasteiger partial charge on any atom is 0.341 e. The van der Waals surface area contributed by atoms with E-state index in [0.717, 1.165) is 18.3 Å². The third-order valence-corrected chi connectivity index (χ3v) is 2.43. The monoisotopic (exact) mass is 269 g/mol. The van der Waals surface area contributed by atoms with Crippen molar-refractivity contribution in [3.63, 3.8) is 0 Å². The minimum atomic E-state index is -1.47. The molecule has 1 aromatic rings. The summed E-state index contributed by atoms with van der Waals surface area (Å²) >= 11 is 0. The van der Waals surface area contributed by atoms with Crippen molar-refractivity contribution >= 4 is 11.8 Å². The number of aliphatic carboxylic acids is 1. The lowest BCUT2D eigenvalue weighted by Crippen LogP contribution is -2.18. The van der Waals surface area contributed by atoms with Crippen LogP contribution >= 0.6 is 0 Å². The fraction of sp³-hybridized carbons (Fsp3) is 0.231. The summed E-state index contributed by atoms with van der Waals surface area (Å²) in [6.07, 6.45) is 1.07. The zero-order valence-electron chi connectivity index (χ0n) is 10.7. The number of ketones is 1. The Hall–Kier alpha value is -2.24. The zero-order valence-corrected chi connectivity index (χ0v) is 10.7. The van der Waals surface area contributed by atoms with Crippen LogP contribution in [0.4, 0.5) is 8.78 Å². The lowest BCUT2D eigenvalue weighted by Gasteiger charge is -2.09. The summed E-state index contributed by atoms with van der Waals surface area (Å²) < 4.78 is 26.9. The Balaban J connectivity index is 3.34. The van der Waals surface area contributed by atoms with E-state index in [-0.39, 0.29) is 5.56 Å². The topological polar surface area (TPSA) is 57.6 Å². The molecule has 0 bridgehead atoms. The number of hydrogen-bond donors (Lipinski definition) is 1. The number of hydrogen-bond acceptors (Lipinski definition) is 3. The van der Waals surface area contributed by atoms with Crippen LogP contribution in [0.5, 0.6) is 0 Å². The molecule has 0 saturated carbocycles. The highest BCUT2D eigenvalue weighted by molar-refractivity contribution is 6.23. The quantitative estimate of drug-likeness (QED) is 0.393. The smallest absolute Gasteiger partial charge is 0.341 e. The normalized spacial score (nSPS) is 11.3. The Bertz CT molecular complexity index is 565. The van der Waals surface area contributed by atoms with Gasteiger partial charge in [0.1, 0.15) is 17.2 Å².